The number of anilines is 1. The summed E-state index contributed by atoms with van der Waals surface area (Å²) in [6, 6.07) is 7.70. The van der Waals surface area contributed by atoms with Gasteiger partial charge in [-0.3, -0.25) is 9.59 Å². The van der Waals surface area contributed by atoms with Crippen LogP contribution < -0.4 is 4.90 Å². The summed E-state index contributed by atoms with van der Waals surface area (Å²) < 4.78 is 0. The molecule has 0 radical (unpaired) electrons. The second-order valence-electron chi connectivity index (χ2n) is 6.00. The molecule has 1 aliphatic rings. The summed E-state index contributed by atoms with van der Waals surface area (Å²) in [5.74, 6) is 0.630. The maximum atomic E-state index is 12.4. The van der Waals surface area contributed by atoms with Crippen LogP contribution in [0.25, 0.3) is 0 Å². The zero-order valence-corrected chi connectivity index (χ0v) is 13.1. The fourth-order valence-corrected chi connectivity index (χ4v) is 2.60. The number of hydrogen-bond donors (Lipinski definition) is 0. The maximum absolute atomic E-state index is 12.4. The molecule has 1 aliphatic heterocycles. The highest BCUT2D eigenvalue weighted by molar-refractivity contribution is 5.97. The summed E-state index contributed by atoms with van der Waals surface area (Å²) in [6.07, 6.45) is 2.10. The van der Waals surface area contributed by atoms with Gasteiger partial charge in [0.1, 0.15) is 6.54 Å². The molecule has 2 amide bonds. The zero-order chi connectivity index (χ0) is 15.4. The van der Waals surface area contributed by atoms with Gasteiger partial charge in [0.25, 0.3) is 0 Å². The third-order valence-electron chi connectivity index (χ3n) is 4.16. The van der Waals surface area contributed by atoms with E-state index in [1.54, 1.807) is 4.90 Å². The van der Waals surface area contributed by atoms with Crippen LogP contribution in [0.3, 0.4) is 0 Å². The number of amides is 2. The van der Waals surface area contributed by atoms with Crippen LogP contribution in [0.5, 0.6) is 0 Å². The molecule has 1 aromatic rings. The van der Waals surface area contributed by atoms with E-state index in [0.717, 1.165) is 37.2 Å². The van der Waals surface area contributed by atoms with Crippen molar-refractivity contribution >= 4 is 17.5 Å². The van der Waals surface area contributed by atoms with Gasteiger partial charge in [0.15, 0.2) is 0 Å². The monoisotopic (exact) mass is 288 g/mol. The molecule has 0 saturated carbocycles. The smallest absolute Gasteiger partial charge is 0.242 e. The van der Waals surface area contributed by atoms with Crippen molar-refractivity contribution in [2.45, 2.75) is 33.6 Å². The van der Waals surface area contributed by atoms with Crippen molar-refractivity contribution in [1.29, 1.82) is 0 Å². The van der Waals surface area contributed by atoms with E-state index in [1.165, 1.54) is 6.92 Å². The van der Waals surface area contributed by atoms with Gasteiger partial charge in [-0.2, -0.15) is 0 Å². The average Bonchev–Trinajstić information content (AvgIpc) is 2.46. The molecular formula is C17H24N2O2. The Morgan fingerprint density at radius 1 is 1.19 bits per heavy atom. The third-order valence-corrected chi connectivity index (χ3v) is 4.16. The number of nitrogens with zero attached hydrogens (tertiary/aromatic N) is 2. The lowest BCUT2D eigenvalue weighted by Gasteiger charge is -2.32. The molecule has 4 heteroatoms. The van der Waals surface area contributed by atoms with Crippen molar-refractivity contribution in [3.05, 3.63) is 29.8 Å². The first kappa shape index (κ1) is 15.5. The summed E-state index contributed by atoms with van der Waals surface area (Å²) in [5.41, 5.74) is 1.92. The number of rotatable bonds is 3. The summed E-state index contributed by atoms with van der Waals surface area (Å²) >= 11 is 0. The normalized spacial score (nSPS) is 15.9. The van der Waals surface area contributed by atoms with E-state index in [4.69, 9.17) is 0 Å². The molecule has 1 aromatic carbocycles. The Bertz CT molecular complexity index is 502. The van der Waals surface area contributed by atoms with Crippen molar-refractivity contribution in [2.75, 3.05) is 24.5 Å². The number of benzene rings is 1. The quantitative estimate of drug-likeness (QED) is 0.858. The van der Waals surface area contributed by atoms with E-state index >= 15 is 0 Å². The lowest BCUT2D eigenvalue weighted by Crippen LogP contribution is -2.45. The fourth-order valence-electron chi connectivity index (χ4n) is 2.60. The lowest BCUT2D eigenvalue weighted by molar-refractivity contribution is -0.132. The standard InChI is InChI=1S/C17H24N2O2/c1-13-4-6-16(7-5-13)19(15(3)20)12-17(21)18-10-8-14(2)9-11-18/h4-7,14H,8-12H2,1-3H3. The molecule has 0 aliphatic carbocycles. The Morgan fingerprint density at radius 3 is 2.29 bits per heavy atom. The molecule has 1 heterocycles. The van der Waals surface area contributed by atoms with E-state index in [-0.39, 0.29) is 18.4 Å². The number of piperidine rings is 1. The minimum atomic E-state index is -0.0995. The van der Waals surface area contributed by atoms with Crippen LogP contribution in [0.15, 0.2) is 24.3 Å². The number of hydrogen-bond acceptors (Lipinski definition) is 2. The third kappa shape index (κ3) is 4.06. The topological polar surface area (TPSA) is 40.6 Å². The van der Waals surface area contributed by atoms with Gasteiger partial charge in [0.05, 0.1) is 0 Å². The molecule has 0 aromatic heterocycles. The van der Waals surface area contributed by atoms with Crippen molar-refractivity contribution in [3.8, 4) is 0 Å². The SMILES string of the molecule is CC(=O)N(CC(=O)N1CCC(C)CC1)c1ccc(C)cc1. The molecule has 0 N–H and O–H groups in total. The summed E-state index contributed by atoms with van der Waals surface area (Å²) in [4.78, 5) is 27.7. The molecule has 0 bridgehead atoms. The highest BCUT2D eigenvalue weighted by Gasteiger charge is 2.23. The first-order chi connectivity index (χ1) is 9.97. The van der Waals surface area contributed by atoms with Gasteiger partial charge in [0.2, 0.25) is 11.8 Å². The largest absolute Gasteiger partial charge is 0.341 e. The van der Waals surface area contributed by atoms with Crippen LogP contribution in [0.2, 0.25) is 0 Å². The van der Waals surface area contributed by atoms with E-state index in [9.17, 15) is 9.59 Å². The van der Waals surface area contributed by atoms with Gasteiger partial charge < -0.3 is 9.80 Å². The Labute approximate surface area is 126 Å². The molecule has 0 spiro atoms. The van der Waals surface area contributed by atoms with E-state index in [1.807, 2.05) is 36.1 Å². The first-order valence-electron chi connectivity index (χ1n) is 7.60. The Hall–Kier alpha value is -1.84. The van der Waals surface area contributed by atoms with Gasteiger partial charge in [-0.1, -0.05) is 24.6 Å². The van der Waals surface area contributed by atoms with E-state index < -0.39 is 0 Å². The van der Waals surface area contributed by atoms with Gasteiger partial charge in [-0.25, -0.2) is 0 Å². The van der Waals surface area contributed by atoms with E-state index in [2.05, 4.69) is 6.92 Å². The van der Waals surface area contributed by atoms with Crippen LogP contribution >= 0.6 is 0 Å². The molecule has 1 saturated heterocycles. The molecule has 21 heavy (non-hydrogen) atoms. The number of carbonyl (C=O) groups is 2. The fraction of sp³-hybridized carbons (Fsp3) is 0.529. The van der Waals surface area contributed by atoms with Crippen LogP contribution in [0.4, 0.5) is 5.69 Å². The summed E-state index contributed by atoms with van der Waals surface area (Å²) in [5, 5.41) is 0. The van der Waals surface area contributed by atoms with Crippen LogP contribution in [-0.4, -0.2) is 36.3 Å². The van der Waals surface area contributed by atoms with Gasteiger partial charge in [-0.15, -0.1) is 0 Å². The average molecular weight is 288 g/mol. The molecule has 114 valence electrons. The Morgan fingerprint density at radius 2 is 1.76 bits per heavy atom. The zero-order valence-electron chi connectivity index (χ0n) is 13.1. The summed E-state index contributed by atoms with van der Waals surface area (Å²) in [6.45, 7) is 7.47. The molecule has 1 fully saturated rings. The first-order valence-corrected chi connectivity index (χ1v) is 7.60. The molecule has 0 unspecified atom stereocenters. The van der Waals surface area contributed by atoms with Crippen LogP contribution in [0.1, 0.15) is 32.3 Å². The minimum Gasteiger partial charge on any atom is -0.341 e. The van der Waals surface area contributed by atoms with Crippen molar-refractivity contribution < 1.29 is 9.59 Å². The van der Waals surface area contributed by atoms with Crippen LogP contribution in [0, 0.1) is 12.8 Å². The molecule has 4 nitrogen and oxygen atoms in total. The second-order valence-corrected chi connectivity index (χ2v) is 6.00. The Balaban J connectivity index is 2.04. The van der Waals surface area contributed by atoms with Gasteiger partial charge in [-0.05, 0) is 37.8 Å². The number of aryl methyl sites for hydroxylation is 1. The van der Waals surface area contributed by atoms with Crippen molar-refractivity contribution in [1.82, 2.24) is 4.90 Å². The molecule has 2 rings (SSSR count). The number of likely N-dealkylation sites (tertiary alicyclic amines) is 1. The predicted octanol–water partition coefficient (Wildman–Crippen LogP) is 2.61. The number of carbonyl (C=O) groups excluding carboxylic acids is 2. The van der Waals surface area contributed by atoms with E-state index in [0.29, 0.717) is 5.92 Å². The van der Waals surface area contributed by atoms with Crippen molar-refractivity contribution in [2.24, 2.45) is 5.92 Å². The molecular weight excluding hydrogens is 264 g/mol. The highest BCUT2D eigenvalue weighted by atomic mass is 16.2. The second kappa shape index (κ2) is 6.74. The predicted molar refractivity (Wildman–Crippen MR) is 84.2 cm³/mol. The summed E-state index contributed by atoms with van der Waals surface area (Å²) in [7, 11) is 0. The van der Waals surface area contributed by atoms with Gasteiger partial charge in [0, 0.05) is 25.7 Å². The molecule has 0 atom stereocenters. The van der Waals surface area contributed by atoms with Crippen LogP contribution in [-0.2, 0) is 9.59 Å². The highest BCUT2D eigenvalue weighted by Crippen LogP contribution is 2.18. The van der Waals surface area contributed by atoms with Gasteiger partial charge >= 0.3 is 0 Å². The minimum absolute atomic E-state index is 0.0395. The Kier molecular flexibility index (Phi) is 4.99. The van der Waals surface area contributed by atoms with Crippen molar-refractivity contribution in [3.63, 3.8) is 0 Å². The lowest BCUT2D eigenvalue weighted by atomic mass is 9.99. The maximum Gasteiger partial charge on any atom is 0.242 e.